The van der Waals surface area contributed by atoms with Gasteiger partial charge in [0.1, 0.15) is 5.69 Å². The summed E-state index contributed by atoms with van der Waals surface area (Å²) >= 11 is 0. The minimum atomic E-state index is -1.17. The number of nitrogens with one attached hydrogen (secondary N) is 1. The van der Waals surface area contributed by atoms with Crippen molar-refractivity contribution in [2.75, 3.05) is 6.54 Å². The number of amides is 1. The maximum Gasteiger partial charge on any atom is 0.356 e. The summed E-state index contributed by atoms with van der Waals surface area (Å²) in [5, 5.41) is 11.5. The molecule has 0 unspecified atom stereocenters. The number of aryl methyl sites for hydroxylation is 2. The Morgan fingerprint density at radius 3 is 2.18 bits per heavy atom. The molecule has 0 atom stereocenters. The van der Waals surface area contributed by atoms with E-state index in [1.807, 2.05) is 13.8 Å². The number of hydrogen-bond acceptors (Lipinski definition) is 4. The molecular weight excluding hydrogens is 282 g/mol. The molecule has 2 aromatic rings. The average Bonchev–Trinajstić information content (AvgIpc) is 2.46. The predicted molar refractivity (Wildman–Crippen MR) is 80.9 cm³/mol. The Hall–Kier alpha value is -2.76. The summed E-state index contributed by atoms with van der Waals surface area (Å²) < 4.78 is 0. The van der Waals surface area contributed by atoms with Gasteiger partial charge >= 0.3 is 5.97 Å². The van der Waals surface area contributed by atoms with Gasteiger partial charge in [0.05, 0.1) is 12.4 Å². The van der Waals surface area contributed by atoms with Crippen molar-refractivity contribution in [1.29, 1.82) is 0 Å². The molecule has 0 aliphatic heterocycles. The molecule has 0 bridgehead atoms. The van der Waals surface area contributed by atoms with Crippen LogP contribution in [0.1, 0.15) is 37.7 Å². The molecule has 2 N–H and O–H groups in total. The average molecular weight is 299 g/mol. The van der Waals surface area contributed by atoms with Crippen LogP contribution in [0.15, 0.2) is 30.6 Å². The normalized spacial score (nSPS) is 10.3. The van der Waals surface area contributed by atoms with Gasteiger partial charge in [-0.2, -0.15) is 0 Å². The molecule has 0 aliphatic rings. The number of carbonyl (C=O) groups excluding carboxylic acids is 1. The standard InChI is InChI=1S/C16H17N3O3/c1-10-5-11(2)7-12(6-10)3-4-17-15(20)13-8-19-14(9-18-13)16(21)22/h5-9H,3-4H2,1-2H3,(H,17,20)(H,21,22). The quantitative estimate of drug-likeness (QED) is 0.877. The van der Waals surface area contributed by atoms with Crippen molar-refractivity contribution >= 4 is 11.9 Å². The first-order valence-electron chi connectivity index (χ1n) is 6.86. The Labute approximate surface area is 128 Å². The van der Waals surface area contributed by atoms with Crippen LogP contribution in [0.2, 0.25) is 0 Å². The Balaban J connectivity index is 1.91. The lowest BCUT2D eigenvalue weighted by Crippen LogP contribution is -2.27. The van der Waals surface area contributed by atoms with E-state index in [9.17, 15) is 9.59 Å². The zero-order valence-corrected chi connectivity index (χ0v) is 12.5. The number of benzene rings is 1. The lowest BCUT2D eigenvalue weighted by molar-refractivity contribution is 0.0689. The molecule has 6 heteroatoms. The summed E-state index contributed by atoms with van der Waals surface area (Å²) in [5.74, 6) is -1.54. The van der Waals surface area contributed by atoms with Crippen molar-refractivity contribution in [3.05, 3.63) is 58.7 Å². The van der Waals surface area contributed by atoms with Crippen LogP contribution in [0.3, 0.4) is 0 Å². The third-order valence-electron chi connectivity index (χ3n) is 3.08. The second-order valence-electron chi connectivity index (χ2n) is 5.09. The van der Waals surface area contributed by atoms with Crippen LogP contribution in [0.25, 0.3) is 0 Å². The van der Waals surface area contributed by atoms with Crippen LogP contribution in [0, 0.1) is 13.8 Å². The first-order chi connectivity index (χ1) is 10.5. The maximum atomic E-state index is 11.9. The van der Waals surface area contributed by atoms with E-state index in [0.29, 0.717) is 6.54 Å². The van der Waals surface area contributed by atoms with Gasteiger partial charge in [0.25, 0.3) is 5.91 Å². The van der Waals surface area contributed by atoms with Gasteiger partial charge < -0.3 is 10.4 Å². The summed E-state index contributed by atoms with van der Waals surface area (Å²) in [6.45, 7) is 4.55. The van der Waals surface area contributed by atoms with Crippen molar-refractivity contribution in [2.24, 2.45) is 0 Å². The van der Waals surface area contributed by atoms with Gasteiger partial charge in [-0.1, -0.05) is 29.3 Å². The van der Waals surface area contributed by atoms with E-state index in [1.54, 1.807) is 0 Å². The van der Waals surface area contributed by atoms with Gasteiger partial charge in [0.15, 0.2) is 5.69 Å². The van der Waals surface area contributed by atoms with Crippen molar-refractivity contribution in [1.82, 2.24) is 15.3 Å². The highest BCUT2D eigenvalue weighted by molar-refractivity contribution is 5.92. The Morgan fingerprint density at radius 1 is 1.05 bits per heavy atom. The summed E-state index contributed by atoms with van der Waals surface area (Å²) in [5.41, 5.74) is 3.45. The maximum absolute atomic E-state index is 11.9. The van der Waals surface area contributed by atoms with Gasteiger partial charge in [-0.15, -0.1) is 0 Å². The molecule has 0 saturated heterocycles. The third-order valence-corrected chi connectivity index (χ3v) is 3.08. The largest absolute Gasteiger partial charge is 0.476 e. The second-order valence-corrected chi connectivity index (χ2v) is 5.09. The third kappa shape index (κ3) is 4.12. The number of carboxylic acids is 1. The van der Waals surface area contributed by atoms with Gasteiger partial charge in [-0.05, 0) is 25.8 Å². The van der Waals surface area contributed by atoms with E-state index >= 15 is 0 Å². The molecule has 1 aromatic heterocycles. The van der Waals surface area contributed by atoms with E-state index in [1.165, 1.54) is 11.1 Å². The van der Waals surface area contributed by atoms with Crippen LogP contribution in [0.4, 0.5) is 0 Å². The highest BCUT2D eigenvalue weighted by atomic mass is 16.4. The number of aromatic nitrogens is 2. The fourth-order valence-electron chi connectivity index (χ4n) is 2.18. The zero-order chi connectivity index (χ0) is 16.1. The smallest absolute Gasteiger partial charge is 0.356 e. The van der Waals surface area contributed by atoms with Crippen LogP contribution in [-0.4, -0.2) is 33.5 Å². The fraction of sp³-hybridized carbons (Fsp3) is 0.250. The second kappa shape index (κ2) is 6.80. The number of carboxylic acid groups (broad SMARTS) is 1. The molecule has 0 radical (unpaired) electrons. The number of hydrogen-bond donors (Lipinski definition) is 2. The van der Waals surface area contributed by atoms with Crippen LogP contribution >= 0.6 is 0 Å². The molecule has 0 saturated carbocycles. The number of aromatic carboxylic acids is 1. The molecular formula is C16H17N3O3. The highest BCUT2D eigenvalue weighted by Crippen LogP contribution is 2.09. The van der Waals surface area contributed by atoms with Crippen LogP contribution < -0.4 is 5.32 Å². The van der Waals surface area contributed by atoms with E-state index in [0.717, 1.165) is 24.4 Å². The molecule has 0 spiro atoms. The van der Waals surface area contributed by atoms with E-state index in [-0.39, 0.29) is 17.3 Å². The monoisotopic (exact) mass is 299 g/mol. The number of carbonyl (C=O) groups is 2. The van der Waals surface area contributed by atoms with E-state index in [2.05, 4.69) is 33.5 Å². The minimum absolute atomic E-state index is 0.102. The topological polar surface area (TPSA) is 92.2 Å². The molecule has 6 nitrogen and oxygen atoms in total. The zero-order valence-electron chi connectivity index (χ0n) is 12.5. The van der Waals surface area contributed by atoms with Gasteiger partial charge in [-0.3, -0.25) is 4.79 Å². The molecule has 0 aliphatic carbocycles. The lowest BCUT2D eigenvalue weighted by atomic mass is 10.1. The first-order valence-corrected chi connectivity index (χ1v) is 6.86. The number of nitrogens with zero attached hydrogens (tertiary/aromatic N) is 2. The van der Waals surface area contributed by atoms with E-state index in [4.69, 9.17) is 5.11 Å². The van der Waals surface area contributed by atoms with Gasteiger partial charge in [0, 0.05) is 6.54 Å². The van der Waals surface area contributed by atoms with Crippen molar-refractivity contribution in [3.63, 3.8) is 0 Å². The molecule has 114 valence electrons. The highest BCUT2D eigenvalue weighted by Gasteiger charge is 2.10. The van der Waals surface area contributed by atoms with Crippen LogP contribution in [0.5, 0.6) is 0 Å². The summed E-state index contributed by atoms with van der Waals surface area (Å²) in [4.78, 5) is 30.0. The summed E-state index contributed by atoms with van der Waals surface area (Å²) in [6.07, 6.45) is 2.95. The van der Waals surface area contributed by atoms with E-state index < -0.39 is 5.97 Å². The molecule has 22 heavy (non-hydrogen) atoms. The molecule has 0 fully saturated rings. The molecule has 2 rings (SSSR count). The Morgan fingerprint density at radius 2 is 1.64 bits per heavy atom. The van der Waals surface area contributed by atoms with Crippen LogP contribution in [-0.2, 0) is 6.42 Å². The van der Waals surface area contributed by atoms with Crippen molar-refractivity contribution in [2.45, 2.75) is 20.3 Å². The Bertz CT molecular complexity index is 676. The SMILES string of the molecule is Cc1cc(C)cc(CCNC(=O)c2cnc(C(=O)O)cn2)c1. The van der Waals surface area contributed by atoms with Gasteiger partial charge in [0.2, 0.25) is 0 Å². The minimum Gasteiger partial charge on any atom is -0.476 e. The lowest BCUT2D eigenvalue weighted by Gasteiger charge is -2.07. The predicted octanol–water partition coefficient (Wildman–Crippen LogP) is 1.76. The fourth-order valence-corrected chi connectivity index (χ4v) is 2.18. The number of rotatable bonds is 5. The first kappa shape index (κ1) is 15.6. The Kier molecular flexibility index (Phi) is 4.83. The molecule has 1 aromatic carbocycles. The summed E-state index contributed by atoms with van der Waals surface area (Å²) in [6, 6.07) is 6.27. The van der Waals surface area contributed by atoms with Crippen molar-refractivity contribution in [3.8, 4) is 0 Å². The van der Waals surface area contributed by atoms with Gasteiger partial charge in [-0.25, -0.2) is 14.8 Å². The molecule has 1 heterocycles. The van der Waals surface area contributed by atoms with Crippen molar-refractivity contribution < 1.29 is 14.7 Å². The molecule has 1 amide bonds. The summed E-state index contributed by atoms with van der Waals surface area (Å²) in [7, 11) is 0.